The maximum absolute atomic E-state index is 10.9. The lowest BCUT2D eigenvalue weighted by Gasteiger charge is -2.06. The van der Waals surface area contributed by atoms with E-state index in [1.807, 2.05) is 6.21 Å². The second-order valence-corrected chi connectivity index (χ2v) is 4.01. The molecule has 1 aliphatic heterocycles. The summed E-state index contributed by atoms with van der Waals surface area (Å²) in [5.41, 5.74) is 3.71. The van der Waals surface area contributed by atoms with E-state index in [-0.39, 0.29) is 5.97 Å². The lowest BCUT2D eigenvalue weighted by molar-refractivity contribution is -0.140. The lowest BCUT2D eigenvalue weighted by atomic mass is 10.1. The van der Waals surface area contributed by atoms with Crippen molar-refractivity contribution in [3.05, 3.63) is 34.9 Å². The maximum Gasteiger partial charge on any atom is 0.306 e. The molecular formula is C13H16N2O2. The Hall–Kier alpha value is -1.68. The Morgan fingerprint density at radius 2 is 2.41 bits per heavy atom. The van der Waals surface area contributed by atoms with E-state index >= 15 is 0 Å². The summed E-state index contributed by atoms with van der Waals surface area (Å²) < 4.78 is 4.57. The highest BCUT2D eigenvalue weighted by Gasteiger charge is 2.06. The third-order valence-corrected chi connectivity index (χ3v) is 2.76. The van der Waals surface area contributed by atoms with Gasteiger partial charge in [0.05, 0.1) is 20.1 Å². The quantitative estimate of drug-likeness (QED) is 0.614. The van der Waals surface area contributed by atoms with Gasteiger partial charge < -0.3 is 10.1 Å². The number of esters is 1. The Kier molecular flexibility index (Phi) is 3.88. The van der Waals surface area contributed by atoms with Gasteiger partial charge in [-0.1, -0.05) is 18.2 Å². The smallest absolute Gasteiger partial charge is 0.306 e. The zero-order chi connectivity index (χ0) is 12.1. The number of aliphatic imine (C=N–C) groups is 1. The first-order valence-corrected chi connectivity index (χ1v) is 5.69. The largest absolute Gasteiger partial charge is 0.469 e. The van der Waals surface area contributed by atoms with Crippen molar-refractivity contribution < 1.29 is 9.53 Å². The summed E-state index contributed by atoms with van der Waals surface area (Å²) in [6.07, 6.45) is 2.31. The van der Waals surface area contributed by atoms with Gasteiger partial charge in [-0.05, 0) is 16.7 Å². The summed E-state index contributed by atoms with van der Waals surface area (Å²) >= 11 is 0. The first kappa shape index (κ1) is 11.8. The summed E-state index contributed by atoms with van der Waals surface area (Å²) in [6, 6.07) is 6.33. The summed E-state index contributed by atoms with van der Waals surface area (Å²) in [6.45, 7) is 2.19. The number of carbonyl (C=O) groups is 1. The predicted molar refractivity (Wildman–Crippen MR) is 66.1 cm³/mol. The van der Waals surface area contributed by atoms with Crippen LogP contribution in [0.15, 0.2) is 23.2 Å². The van der Waals surface area contributed by atoms with E-state index in [0.29, 0.717) is 13.0 Å². The van der Waals surface area contributed by atoms with E-state index in [2.05, 4.69) is 33.2 Å². The monoisotopic (exact) mass is 232 g/mol. The average molecular weight is 232 g/mol. The molecule has 0 atom stereocenters. The number of nitrogens with zero attached hydrogens (tertiary/aromatic N) is 1. The summed E-state index contributed by atoms with van der Waals surface area (Å²) in [5.74, 6) is -0.181. The van der Waals surface area contributed by atoms with E-state index < -0.39 is 0 Å². The molecule has 1 aromatic rings. The molecule has 1 heterocycles. The van der Waals surface area contributed by atoms with Crippen LogP contribution in [0.4, 0.5) is 0 Å². The summed E-state index contributed by atoms with van der Waals surface area (Å²) in [7, 11) is 1.41. The van der Waals surface area contributed by atoms with Crippen LogP contribution in [-0.2, 0) is 22.6 Å². The van der Waals surface area contributed by atoms with Crippen molar-refractivity contribution in [3.63, 3.8) is 0 Å². The molecule has 1 aromatic carbocycles. The highest BCUT2D eigenvalue weighted by molar-refractivity contribution is 5.84. The van der Waals surface area contributed by atoms with E-state index in [1.165, 1.54) is 23.8 Å². The van der Waals surface area contributed by atoms with Crippen molar-refractivity contribution in [1.29, 1.82) is 0 Å². The number of nitrogens with one attached hydrogen (secondary N) is 1. The molecule has 0 fully saturated rings. The van der Waals surface area contributed by atoms with Gasteiger partial charge >= 0.3 is 5.97 Å². The fourth-order valence-electron chi connectivity index (χ4n) is 1.80. The van der Waals surface area contributed by atoms with Crippen molar-refractivity contribution in [2.24, 2.45) is 4.99 Å². The van der Waals surface area contributed by atoms with Crippen molar-refractivity contribution in [3.8, 4) is 0 Å². The van der Waals surface area contributed by atoms with Crippen LogP contribution in [0.3, 0.4) is 0 Å². The molecule has 0 radical (unpaired) electrons. The molecule has 1 aliphatic rings. The third-order valence-electron chi connectivity index (χ3n) is 2.76. The fraction of sp³-hybridized carbons (Fsp3) is 0.385. The van der Waals surface area contributed by atoms with Gasteiger partial charge in [0.25, 0.3) is 0 Å². The van der Waals surface area contributed by atoms with Crippen LogP contribution in [0.5, 0.6) is 0 Å². The van der Waals surface area contributed by atoms with Crippen LogP contribution in [0, 0.1) is 0 Å². The number of rotatable bonds is 5. The zero-order valence-corrected chi connectivity index (χ0v) is 9.90. The molecule has 0 unspecified atom stereocenters. The van der Waals surface area contributed by atoms with Crippen molar-refractivity contribution in [1.82, 2.24) is 5.32 Å². The highest BCUT2D eigenvalue weighted by Crippen LogP contribution is 2.16. The molecule has 0 bridgehead atoms. The number of benzene rings is 1. The van der Waals surface area contributed by atoms with Gasteiger partial charge in [-0.3, -0.25) is 9.79 Å². The van der Waals surface area contributed by atoms with E-state index in [1.54, 1.807) is 0 Å². The molecule has 0 aliphatic carbocycles. The molecule has 0 saturated heterocycles. The summed E-state index contributed by atoms with van der Waals surface area (Å²) in [4.78, 5) is 15.1. The van der Waals surface area contributed by atoms with Crippen molar-refractivity contribution in [2.45, 2.75) is 19.5 Å². The van der Waals surface area contributed by atoms with Gasteiger partial charge in [-0.25, -0.2) is 0 Å². The van der Waals surface area contributed by atoms with Crippen LogP contribution in [0.25, 0.3) is 0 Å². The Bertz CT molecular complexity index is 441. The minimum absolute atomic E-state index is 0.181. The minimum Gasteiger partial charge on any atom is -0.469 e. The Balaban J connectivity index is 1.78. The normalized spacial score (nSPS) is 12.5. The molecule has 0 amide bonds. The van der Waals surface area contributed by atoms with Gasteiger partial charge in [0, 0.05) is 19.3 Å². The van der Waals surface area contributed by atoms with E-state index in [4.69, 9.17) is 0 Å². The molecule has 2 rings (SSSR count). The van der Waals surface area contributed by atoms with Crippen LogP contribution < -0.4 is 5.32 Å². The molecule has 0 aromatic heterocycles. The first-order chi connectivity index (χ1) is 8.29. The Morgan fingerprint density at radius 3 is 3.24 bits per heavy atom. The lowest BCUT2D eigenvalue weighted by Crippen LogP contribution is -2.18. The second-order valence-electron chi connectivity index (χ2n) is 4.01. The van der Waals surface area contributed by atoms with E-state index in [0.717, 1.165) is 13.1 Å². The highest BCUT2D eigenvalue weighted by atomic mass is 16.5. The topological polar surface area (TPSA) is 50.7 Å². The molecular weight excluding hydrogens is 216 g/mol. The molecule has 0 spiro atoms. The molecule has 4 heteroatoms. The van der Waals surface area contributed by atoms with Crippen molar-refractivity contribution in [2.75, 3.05) is 13.7 Å². The van der Waals surface area contributed by atoms with E-state index in [9.17, 15) is 4.79 Å². The SMILES string of the molecule is COC(=O)CCNCc1ccc2c(c1)CN=C2. The third kappa shape index (κ3) is 3.14. The Morgan fingerprint density at radius 1 is 1.53 bits per heavy atom. The number of methoxy groups -OCH3 is 1. The van der Waals surface area contributed by atoms with Crippen molar-refractivity contribution >= 4 is 12.2 Å². The van der Waals surface area contributed by atoms with Gasteiger partial charge in [-0.2, -0.15) is 0 Å². The van der Waals surface area contributed by atoms with Gasteiger partial charge in [-0.15, -0.1) is 0 Å². The van der Waals surface area contributed by atoms with Crippen LogP contribution in [0.2, 0.25) is 0 Å². The first-order valence-electron chi connectivity index (χ1n) is 5.69. The number of fused-ring (bicyclic) bond motifs is 1. The van der Waals surface area contributed by atoms with Gasteiger partial charge in [0.2, 0.25) is 0 Å². The minimum atomic E-state index is -0.181. The Labute approximate surface area is 101 Å². The van der Waals surface area contributed by atoms with Crippen LogP contribution in [0.1, 0.15) is 23.1 Å². The zero-order valence-electron chi connectivity index (χ0n) is 9.90. The number of hydrogen-bond donors (Lipinski definition) is 1. The predicted octanol–water partition coefficient (Wildman–Crippen LogP) is 1.27. The molecule has 17 heavy (non-hydrogen) atoms. The van der Waals surface area contributed by atoms with Crippen LogP contribution >= 0.6 is 0 Å². The standard InChI is InChI=1S/C13H16N2O2/c1-17-13(16)4-5-14-7-10-2-3-11-8-15-9-12(11)6-10/h2-3,6,8,14H,4-5,7,9H2,1H3. The fourth-order valence-corrected chi connectivity index (χ4v) is 1.80. The number of carbonyl (C=O) groups excluding carboxylic acids is 1. The van der Waals surface area contributed by atoms with Crippen LogP contribution in [-0.4, -0.2) is 25.8 Å². The van der Waals surface area contributed by atoms with Gasteiger partial charge in [0.1, 0.15) is 0 Å². The average Bonchev–Trinajstić information content (AvgIpc) is 2.81. The summed E-state index contributed by atoms with van der Waals surface area (Å²) in [5, 5.41) is 3.22. The molecule has 90 valence electrons. The van der Waals surface area contributed by atoms with Gasteiger partial charge in [0.15, 0.2) is 0 Å². The molecule has 4 nitrogen and oxygen atoms in total. The number of ether oxygens (including phenoxy) is 1. The second kappa shape index (κ2) is 5.59. The molecule has 0 saturated carbocycles. The number of hydrogen-bond acceptors (Lipinski definition) is 4. The molecule has 1 N–H and O–H groups in total. The maximum atomic E-state index is 10.9.